The van der Waals surface area contributed by atoms with Crippen molar-refractivity contribution in [3.63, 3.8) is 0 Å². The van der Waals surface area contributed by atoms with E-state index in [0.717, 1.165) is 11.0 Å². The van der Waals surface area contributed by atoms with E-state index in [1.165, 1.54) is 18.5 Å². The molecular formula is C18H11ClF5N7O. The Morgan fingerprint density at radius 2 is 1.88 bits per heavy atom. The highest BCUT2D eigenvalue weighted by molar-refractivity contribution is 6.32. The van der Waals surface area contributed by atoms with Gasteiger partial charge in [-0.1, -0.05) is 11.6 Å². The van der Waals surface area contributed by atoms with Crippen LogP contribution in [0.1, 0.15) is 0 Å². The molecule has 1 amide bonds. The Bertz CT molecular complexity index is 1210. The number of alkyl halides is 3. The van der Waals surface area contributed by atoms with Gasteiger partial charge in [0, 0.05) is 12.3 Å². The number of pyridine rings is 1. The molecule has 0 unspecified atom stereocenters. The number of aliphatic imine (C=N–C) groups is 1. The molecule has 3 aromatic rings. The number of hydrogen-bond donors (Lipinski definition) is 2. The molecule has 2 heterocycles. The molecule has 14 heteroatoms. The molecular weight excluding hydrogens is 461 g/mol. The van der Waals surface area contributed by atoms with E-state index in [4.69, 9.17) is 17.3 Å². The van der Waals surface area contributed by atoms with Crippen molar-refractivity contribution in [2.24, 2.45) is 10.7 Å². The SMILES string of the molecule is NC=C(C(=O)Nc1cnc(-n2nccn2)c(Cl)c1)C(=Nc1ccc(F)cc1F)C(F)(F)F. The Kier molecular flexibility index (Phi) is 6.48. The number of aromatic nitrogens is 4. The number of benzene rings is 1. The molecule has 0 spiro atoms. The molecule has 0 aliphatic rings. The smallest absolute Gasteiger partial charge is 0.404 e. The summed E-state index contributed by atoms with van der Waals surface area (Å²) in [7, 11) is 0. The minimum absolute atomic E-state index is 0.0182. The number of nitrogens with two attached hydrogens (primary N) is 1. The molecule has 3 rings (SSSR count). The number of carbonyl (C=O) groups is 1. The molecule has 0 saturated heterocycles. The average Bonchev–Trinajstić information content (AvgIpc) is 3.23. The third-order valence-electron chi connectivity index (χ3n) is 3.76. The van der Waals surface area contributed by atoms with Crippen molar-refractivity contribution in [3.8, 4) is 5.82 Å². The first-order chi connectivity index (χ1) is 15.1. The second-order valence-corrected chi connectivity index (χ2v) is 6.34. The Morgan fingerprint density at radius 1 is 1.19 bits per heavy atom. The van der Waals surface area contributed by atoms with Gasteiger partial charge in [0.1, 0.15) is 5.82 Å². The van der Waals surface area contributed by atoms with Crippen LogP contribution in [0, 0.1) is 11.6 Å². The van der Waals surface area contributed by atoms with Crippen molar-refractivity contribution in [2.45, 2.75) is 6.18 Å². The Balaban J connectivity index is 1.92. The predicted molar refractivity (Wildman–Crippen MR) is 105 cm³/mol. The fourth-order valence-electron chi connectivity index (χ4n) is 2.40. The lowest BCUT2D eigenvalue weighted by Gasteiger charge is -2.14. The summed E-state index contributed by atoms with van der Waals surface area (Å²) in [6.07, 6.45) is -1.00. The lowest BCUT2D eigenvalue weighted by molar-refractivity contribution is -0.113. The van der Waals surface area contributed by atoms with Gasteiger partial charge < -0.3 is 11.1 Å². The van der Waals surface area contributed by atoms with Crippen LogP contribution < -0.4 is 11.1 Å². The molecule has 0 aliphatic carbocycles. The number of hydrogen-bond acceptors (Lipinski definition) is 6. The zero-order valence-electron chi connectivity index (χ0n) is 15.6. The van der Waals surface area contributed by atoms with Gasteiger partial charge in [-0.25, -0.2) is 18.8 Å². The Morgan fingerprint density at radius 3 is 2.44 bits per heavy atom. The first-order valence-electron chi connectivity index (χ1n) is 8.47. The normalized spacial score (nSPS) is 12.7. The summed E-state index contributed by atoms with van der Waals surface area (Å²) in [5.41, 5.74) is 1.41. The first-order valence-corrected chi connectivity index (χ1v) is 8.84. The van der Waals surface area contributed by atoms with Gasteiger partial charge in [0.25, 0.3) is 5.91 Å². The number of nitrogens with one attached hydrogen (secondary N) is 1. The van der Waals surface area contributed by atoms with Crippen LogP contribution in [0.3, 0.4) is 0 Å². The lowest BCUT2D eigenvalue weighted by Crippen LogP contribution is -2.32. The van der Waals surface area contributed by atoms with E-state index < -0.39 is 40.7 Å². The summed E-state index contributed by atoms with van der Waals surface area (Å²) in [5.74, 6) is -3.59. The van der Waals surface area contributed by atoms with Crippen LogP contribution in [0.4, 0.5) is 33.3 Å². The third kappa shape index (κ3) is 5.06. The molecule has 3 N–H and O–H groups in total. The predicted octanol–water partition coefficient (Wildman–Crippen LogP) is 3.71. The maximum absolute atomic E-state index is 13.8. The highest BCUT2D eigenvalue weighted by Crippen LogP contribution is 2.28. The van der Waals surface area contributed by atoms with Gasteiger partial charge in [-0.05, 0) is 18.2 Å². The molecule has 2 aromatic heterocycles. The number of anilines is 1. The number of halogens is 6. The maximum atomic E-state index is 13.8. The molecule has 8 nitrogen and oxygen atoms in total. The lowest BCUT2D eigenvalue weighted by atomic mass is 10.1. The van der Waals surface area contributed by atoms with E-state index in [0.29, 0.717) is 24.4 Å². The van der Waals surface area contributed by atoms with Crippen LogP contribution in [-0.4, -0.2) is 37.8 Å². The minimum atomic E-state index is -5.20. The quantitative estimate of drug-likeness (QED) is 0.335. The van der Waals surface area contributed by atoms with Crippen LogP contribution in [-0.2, 0) is 4.79 Å². The van der Waals surface area contributed by atoms with Crippen LogP contribution in [0.15, 0.2) is 59.6 Å². The van der Waals surface area contributed by atoms with E-state index in [2.05, 4.69) is 25.5 Å². The molecule has 0 radical (unpaired) electrons. The molecule has 0 bridgehead atoms. The second kappa shape index (κ2) is 9.09. The fourth-order valence-corrected chi connectivity index (χ4v) is 2.64. The maximum Gasteiger partial charge on any atom is 0.434 e. The zero-order valence-corrected chi connectivity index (χ0v) is 16.4. The zero-order chi connectivity index (χ0) is 23.5. The number of amides is 1. The van der Waals surface area contributed by atoms with E-state index in [-0.39, 0.29) is 16.5 Å². The van der Waals surface area contributed by atoms with Gasteiger partial charge in [-0.2, -0.15) is 23.4 Å². The highest BCUT2D eigenvalue weighted by atomic mass is 35.5. The standard InChI is InChI=1S/C18H11ClF5N7O/c19-12-6-10(8-26-16(12)31-27-3-4-28-31)29-17(32)11(7-25)15(18(22,23)24)30-14-2-1-9(20)5-13(14)21/h1-8H,25H2,(H,29,32). The molecule has 32 heavy (non-hydrogen) atoms. The molecule has 0 atom stereocenters. The summed E-state index contributed by atoms with van der Waals surface area (Å²) in [4.78, 5) is 20.7. The van der Waals surface area contributed by atoms with E-state index in [1.54, 1.807) is 0 Å². The topological polar surface area (TPSA) is 111 Å². The molecule has 166 valence electrons. The molecule has 0 aliphatic heterocycles. The largest absolute Gasteiger partial charge is 0.434 e. The van der Waals surface area contributed by atoms with Gasteiger partial charge >= 0.3 is 6.18 Å². The van der Waals surface area contributed by atoms with Gasteiger partial charge in [-0.15, -0.1) is 4.80 Å². The average molecular weight is 472 g/mol. The number of rotatable bonds is 5. The van der Waals surface area contributed by atoms with Gasteiger partial charge in [0.2, 0.25) is 0 Å². The van der Waals surface area contributed by atoms with E-state index in [1.807, 2.05) is 0 Å². The monoisotopic (exact) mass is 471 g/mol. The van der Waals surface area contributed by atoms with Crippen molar-refractivity contribution in [1.82, 2.24) is 20.0 Å². The second-order valence-electron chi connectivity index (χ2n) is 5.94. The fraction of sp³-hybridized carbons (Fsp3) is 0.0556. The van der Waals surface area contributed by atoms with Crippen LogP contribution >= 0.6 is 11.6 Å². The minimum Gasteiger partial charge on any atom is -0.404 e. The third-order valence-corrected chi connectivity index (χ3v) is 4.04. The molecule has 0 saturated carbocycles. The highest BCUT2D eigenvalue weighted by Gasteiger charge is 2.41. The summed E-state index contributed by atoms with van der Waals surface area (Å²) in [5, 5.41) is 9.80. The first kappa shape index (κ1) is 22.8. The van der Waals surface area contributed by atoms with Crippen molar-refractivity contribution in [3.05, 3.63) is 71.3 Å². The number of nitrogens with zero attached hydrogens (tertiary/aromatic N) is 5. The van der Waals surface area contributed by atoms with Crippen molar-refractivity contribution >= 4 is 34.6 Å². The van der Waals surface area contributed by atoms with E-state index in [9.17, 15) is 26.7 Å². The molecule has 1 aromatic carbocycles. The van der Waals surface area contributed by atoms with Crippen molar-refractivity contribution in [2.75, 3.05) is 5.32 Å². The molecule has 0 fully saturated rings. The van der Waals surface area contributed by atoms with Gasteiger partial charge in [0.15, 0.2) is 17.3 Å². The summed E-state index contributed by atoms with van der Waals surface area (Å²) in [6, 6.07) is 2.95. The van der Waals surface area contributed by atoms with Crippen molar-refractivity contribution < 1.29 is 26.7 Å². The Hall–Kier alpha value is -3.87. The van der Waals surface area contributed by atoms with Gasteiger partial charge in [0.05, 0.1) is 40.6 Å². The number of carbonyl (C=O) groups excluding carboxylic acids is 1. The van der Waals surface area contributed by atoms with Crippen LogP contribution in [0.25, 0.3) is 5.82 Å². The van der Waals surface area contributed by atoms with Crippen molar-refractivity contribution in [1.29, 1.82) is 0 Å². The van der Waals surface area contributed by atoms with E-state index >= 15 is 0 Å². The summed E-state index contributed by atoms with van der Waals surface area (Å²) >= 11 is 6.06. The van der Waals surface area contributed by atoms with Crippen LogP contribution in [0.5, 0.6) is 0 Å². The summed E-state index contributed by atoms with van der Waals surface area (Å²) in [6.45, 7) is 0. The Labute approximate surface area is 181 Å². The van der Waals surface area contributed by atoms with Crippen LogP contribution in [0.2, 0.25) is 5.02 Å². The summed E-state index contributed by atoms with van der Waals surface area (Å²) < 4.78 is 67.6. The van der Waals surface area contributed by atoms with Gasteiger partial charge in [-0.3, -0.25) is 4.79 Å².